The van der Waals surface area contributed by atoms with Crippen molar-refractivity contribution in [2.45, 2.75) is 51.5 Å². The lowest BCUT2D eigenvalue weighted by Crippen LogP contribution is -2.50. The summed E-state index contributed by atoms with van der Waals surface area (Å²) in [7, 11) is 1.28. The van der Waals surface area contributed by atoms with E-state index in [9.17, 15) is 14.4 Å². The minimum Gasteiger partial charge on any atom is -0.467 e. The molecule has 0 aromatic carbocycles. The van der Waals surface area contributed by atoms with E-state index in [1.165, 1.54) is 7.11 Å². The Morgan fingerprint density at radius 2 is 1.80 bits per heavy atom. The first-order chi connectivity index (χ1) is 9.36. The third kappa shape index (κ3) is 4.83. The van der Waals surface area contributed by atoms with Crippen molar-refractivity contribution < 1.29 is 19.1 Å². The molecule has 1 aliphatic rings. The van der Waals surface area contributed by atoms with E-state index in [-0.39, 0.29) is 24.2 Å². The van der Waals surface area contributed by atoms with Gasteiger partial charge in [-0.05, 0) is 26.7 Å². The van der Waals surface area contributed by atoms with Crippen LogP contribution in [0.15, 0.2) is 0 Å². The Kier molecular flexibility index (Phi) is 5.98. The number of rotatable bonds is 6. The van der Waals surface area contributed by atoms with Crippen molar-refractivity contribution in [3.8, 4) is 0 Å². The molecule has 1 aliphatic carbocycles. The van der Waals surface area contributed by atoms with Gasteiger partial charge in [0.15, 0.2) is 0 Å². The lowest BCUT2D eigenvalue weighted by molar-refractivity contribution is -0.149. The van der Waals surface area contributed by atoms with Crippen LogP contribution in [0, 0.1) is 5.92 Å². The van der Waals surface area contributed by atoms with Crippen LogP contribution in [0.1, 0.15) is 46.0 Å². The maximum atomic E-state index is 11.7. The van der Waals surface area contributed by atoms with E-state index in [2.05, 4.69) is 15.4 Å². The monoisotopic (exact) mass is 284 g/mol. The molecule has 6 heteroatoms. The largest absolute Gasteiger partial charge is 0.467 e. The van der Waals surface area contributed by atoms with Gasteiger partial charge < -0.3 is 15.4 Å². The maximum Gasteiger partial charge on any atom is 0.330 e. The number of amides is 2. The molecule has 0 radical (unpaired) electrons. The molecule has 0 spiro atoms. The zero-order valence-corrected chi connectivity index (χ0v) is 12.5. The number of carbonyl (C=O) groups excluding carboxylic acids is 3. The van der Waals surface area contributed by atoms with Crippen LogP contribution < -0.4 is 10.6 Å². The fraction of sp³-hybridized carbons (Fsp3) is 0.786. The van der Waals surface area contributed by atoms with E-state index >= 15 is 0 Å². The fourth-order valence-electron chi connectivity index (χ4n) is 2.35. The molecule has 0 unspecified atom stereocenters. The number of hydrogen-bond acceptors (Lipinski definition) is 4. The molecule has 0 aliphatic heterocycles. The summed E-state index contributed by atoms with van der Waals surface area (Å²) in [6.07, 6.45) is 4.23. The highest BCUT2D eigenvalue weighted by Crippen LogP contribution is 2.24. The first-order valence-corrected chi connectivity index (χ1v) is 7.04. The molecule has 20 heavy (non-hydrogen) atoms. The number of carbonyl (C=O) groups is 3. The summed E-state index contributed by atoms with van der Waals surface area (Å²) in [5, 5.41) is 5.35. The van der Waals surface area contributed by atoms with Gasteiger partial charge in [-0.1, -0.05) is 12.8 Å². The molecule has 0 saturated heterocycles. The molecule has 0 heterocycles. The third-order valence-corrected chi connectivity index (χ3v) is 3.52. The lowest BCUT2D eigenvalue weighted by atomic mass is 10.1. The van der Waals surface area contributed by atoms with Crippen molar-refractivity contribution in [1.82, 2.24) is 10.6 Å². The van der Waals surface area contributed by atoms with Gasteiger partial charge in [0, 0.05) is 18.9 Å². The van der Waals surface area contributed by atoms with Crippen molar-refractivity contribution in [2.24, 2.45) is 5.92 Å². The standard InChI is InChI=1S/C14H24N2O4/c1-14(2,13(19)20-3)16-11(17)8-9-15-12(18)10-6-4-5-7-10/h10H,4-9H2,1-3H3,(H,15,18)(H,16,17). The predicted molar refractivity (Wildman–Crippen MR) is 73.8 cm³/mol. The highest BCUT2D eigenvalue weighted by molar-refractivity contribution is 5.87. The van der Waals surface area contributed by atoms with Crippen LogP contribution in [0.25, 0.3) is 0 Å². The molecular formula is C14H24N2O4. The lowest BCUT2D eigenvalue weighted by Gasteiger charge is -2.23. The second kappa shape index (κ2) is 7.26. The van der Waals surface area contributed by atoms with Crippen molar-refractivity contribution >= 4 is 17.8 Å². The highest BCUT2D eigenvalue weighted by Gasteiger charge is 2.30. The van der Waals surface area contributed by atoms with E-state index in [4.69, 9.17) is 0 Å². The normalized spacial score (nSPS) is 15.8. The molecule has 2 amide bonds. The summed E-state index contributed by atoms with van der Waals surface area (Å²) in [6.45, 7) is 3.44. The molecular weight excluding hydrogens is 260 g/mol. The maximum absolute atomic E-state index is 11.7. The topological polar surface area (TPSA) is 84.5 Å². The zero-order chi connectivity index (χ0) is 15.2. The molecule has 6 nitrogen and oxygen atoms in total. The molecule has 1 rings (SSSR count). The van der Waals surface area contributed by atoms with Gasteiger partial charge >= 0.3 is 5.97 Å². The number of esters is 1. The van der Waals surface area contributed by atoms with Gasteiger partial charge in [0.2, 0.25) is 11.8 Å². The van der Waals surface area contributed by atoms with Crippen LogP contribution in [-0.2, 0) is 19.1 Å². The zero-order valence-electron chi connectivity index (χ0n) is 12.5. The van der Waals surface area contributed by atoms with Crippen LogP contribution in [0.4, 0.5) is 0 Å². The smallest absolute Gasteiger partial charge is 0.330 e. The van der Waals surface area contributed by atoms with E-state index in [1.54, 1.807) is 13.8 Å². The molecule has 1 saturated carbocycles. The Balaban J connectivity index is 2.26. The van der Waals surface area contributed by atoms with Crippen LogP contribution in [0.2, 0.25) is 0 Å². The van der Waals surface area contributed by atoms with Crippen LogP contribution >= 0.6 is 0 Å². The summed E-state index contributed by atoms with van der Waals surface area (Å²) < 4.78 is 4.60. The van der Waals surface area contributed by atoms with Gasteiger partial charge in [-0.25, -0.2) is 4.79 Å². The minimum atomic E-state index is -1.05. The van der Waals surface area contributed by atoms with E-state index in [1.807, 2.05) is 0 Å². The van der Waals surface area contributed by atoms with E-state index in [0.29, 0.717) is 6.54 Å². The Morgan fingerprint density at radius 1 is 1.20 bits per heavy atom. The Hall–Kier alpha value is -1.59. The van der Waals surface area contributed by atoms with E-state index in [0.717, 1.165) is 25.7 Å². The van der Waals surface area contributed by atoms with Gasteiger partial charge in [0.05, 0.1) is 7.11 Å². The van der Waals surface area contributed by atoms with Crippen molar-refractivity contribution in [2.75, 3.05) is 13.7 Å². The number of ether oxygens (including phenoxy) is 1. The summed E-state index contributed by atoms with van der Waals surface area (Å²) in [5.41, 5.74) is -1.05. The highest BCUT2D eigenvalue weighted by atomic mass is 16.5. The molecule has 0 aromatic heterocycles. The first kappa shape index (κ1) is 16.5. The first-order valence-electron chi connectivity index (χ1n) is 7.04. The summed E-state index contributed by atoms with van der Waals surface area (Å²) >= 11 is 0. The Morgan fingerprint density at radius 3 is 2.35 bits per heavy atom. The third-order valence-electron chi connectivity index (χ3n) is 3.52. The summed E-state index contributed by atoms with van der Waals surface area (Å²) in [6, 6.07) is 0. The average molecular weight is 284 g/mol. The molecule has 0 bridgehead atoms. The molecule has 114 valence electrons. The fourth-order valence-corrected chi connectivity index (χ4v) is 2.35. The number of hydrogen-bond donors (Lipinski definition) is 2. The van der Waals surface area contributed by atoms with Gasteiger partial charge in [-0.15, -0.1) is 0 Å². The average Bonchev–Trinajstić information content (AvgIpc) is 2.90. The van der Waals surface area contributed by atoms with Crippen molar-refractivity contribution in [3.63, 3.8) is 0 Å². The predicted octanol–water partition coefficient (Wildman–Crippen LogP) is 0.751. The molecule has 0 aromatic rings. The van der Waals surface area contributed by atoms with Crippen LogP contribution in [0.3, 0.4) is 0 Å². The quantitative estimate of drug-likeness (QED) is 0.705. The van der Waals surface area contributed by atoms with Gasteiger partial charge in [0.25, 0.3) is 0 Å². The minimum absolute atomic E-state index is 0.0301. The second-order valence-corrected chi connectivity index (χ2v) is 5.69. The number of nitrogens with one attached hydrogen (secondary N) is 2. The Bertz CT molecular complexity index is 373. The second-order valence-electron chi connectivity index (χ2n) is 5.69. The van der Waals surface area contributed by atoms with Gasteiger partial charge in [-0.3, -0.25) is 9.59 Å². The van der Waals surface area contributed by atoms with Crippen LogP contribution in [0.5, 0.6) is 0 Å². The Labute approximate surface area is 119 Å². The molecule has 0 atom stereocenters. The van der Waals surface area contributed by atoms with Crippen LogP contribution in [-0.4, -0.2) is 37.0 Å². The van der Waals surface area contributed by atoms with E-state index < -0.39 is 11.5 Å². The number of methoxy groups -OCH3 is 1. The van der Waals surface area contributed by atoms with Crippen molar-refractivity contribution in [1.29, 1.82) is 0 Å². The van der Waals surface area contributed by atoms with Gasteiger partial charge in [-0.2, -0.15) is 0 Å². The SMILES string of the molecule is COC(=O)C(C)(C)NC(=O)CCNC(=O)C1CCCC1. The van der Waals surface area contributed by atoms with Crippen molar-refractivity contribution in [3.05, 3.63) is 0 Å². The molecule has 2 N–H and O–H groups in total. The van der Waals surface area contributed by atoms with Gasteiger partial charge in [0.1, 0.15) is 5.54 Å². The molecule has 1 fully saturated rings. The summed E-state index contributed by atoms with van der Waals surface area (Å²) in [5.74, 6) is -0.653. The summed E-state index contributed by atoms with van der Waals surface area (Å²) in [4.78, 5) is 34.9.